The lowest BCUT2D eigenvalue weighted by Crippen LogP contribution is -2.11. The van der Waals surface area contributed by atoms with E-state index in [0.717, 1.165) is 0 Å². The minimum Gasteiger partial charge on any atom is -0.428 e. The van der Waals surface area contributed by atoms with Crippen molar-refractivity contribution in [1.29, 1.82) is 0 Å². The van der Waals surface area contributed by atoms with E-state index in [1.165, 1.54) is 7.11 Å². The summed E-state index contributed by atoms with van der Waals surface area (Å²) >= 11 is 0. The van der Waals surface area contributed by atoms with Gasteiger partial charge in [0.2, 0.25) is 6.29 Å². The van der Waals surface area contributed by atoms with E-state index < -0.39 is 12.4 Å². The Labute approximate surface area is 46.3 Å². The highest BCUT2D eigenvalue weighted by atomic mass is 16.8. The molecular weight excluding hydrogens is 112 g/mol. The molecule has 0 radical (unpaired) electrons. The third kappa shape index (κ3) is 0.894. The van der Waals surface area contributed by atoms with Crippen LogP contribution in [0.15, 0.2) is 0 Å². The molecule has 0 N–H and O–H groups in total. The van der Waals surface area contributed by atoms with Crippen molar-refractivity contribution in [2.75, 3.05) is 13.7 Å². The number of ether oxygens (including phenoxy) is 3. The van der Waals surface area contributed by atoms with Gasteiger partial charge >= 0.3 is 6.16 Å². The normalized spacial score (nSPS) is 27.1. The molecule has 4 heteroatoms. The summed E-state index contributed by atoms with van der Waals surface area (Å²) in [6.45, 7) is 0.204. The van der Waals surface area contributed by atoms with Crippen LogP contribution >= 0.6 is 0 Å². The van der Waals surface area contributed by atoms with Crippen molar-refractivity contribution >= 4 is 6.16 Å². The van der Waals surface area contributed by atoms with Crippen molar-refractivity contribution in [2.45, 2.75) is 6.29 Å². The van der Waals surface area contributed by atoms with Gasteiger partial charge < -0.3 is 14.2 Å². The highest BCUT2D eigenvalue weighted by Crippen LogP contribution is 2.04. The molecule has 1 heterocycles. The standard InChI is InChI=1S/C4H6O4/c1-6-3-2-7-4(5)8-3/h3H,2H2,1H3. The molecule has 0 amide bonds. The Hall–Kier alpha value is -0.770. The molecule has 1 fully saturated rings. The fraction of sp³-hybridized carbons (Fsp3) is 0.750. The lowest BCUT2D eigenvalue weighted by molar-refractivity contribution is -0.0506. The van der Waals surface area contributed by atoms with E-state index in [1.54, 1.807) is 0 Å². The van der Waals surface area contributed by atoms with Crippen molar-refractivity contribution < 1.29 is 19.0 Å². The van der Waals surface area contributed by atoms with Crippen molar-refractivity contribution in [3.8, 4) is 0 Å². The molecule has 1 saturated heterocycles. The van der Waals surface area contributed by atoms with Gasteiger partial charge in [-0.3, -0.25) is 0 Å². The molecule has 4 nitrogen and oxygen atoms in total. The topological polar surface area (TPSA) is 44.8 Å². The van der Waals surface area contributed by atoms with Crippen LogP contribution in [0.2, 0.25) is 0 Å². The van der Waals surface area contributed by atoms with E-state index in [0.29, 0.717) is 0 Å². The molecule has 0 aromatic carbocycles. The summed E-state index contributed by atoms with van der Waals surface area (Å²) in [5.74, 6) is 0. The van der Waals surface area contributed by atoms with Gasteiger partial charge in [-0.2, -0.15) is 0 Å². The number of carbonyl (C=O) groups is 1. The molecule has 0 saturated carbocycles. The van der Waals surface area contributed by atoms with Gasteiger partial charge in [0.05, 0.1) is 0 Å². The van der Waals surface area contributed by atoms with E-state index in [1.807, 2.05) is 0 Å². The van der Waals surface area contributed by atoms with Crippen LogP contribution in [-0.4, -0.2) is 26.2 Å². The summed E-state index contributed by atoms with van der Waals surface area (Å²) in [6.07, 6.45) is -1.15. The van der Waals surface area contributed by atoms with Crippen LogP contribution < -0.4 is 0 Å². The molecule has 1 rings (SSSR count). The van der Waals surface area contributed by atoms with E-state index in [2.05, 4.69) is 14.2 Å². The Morgan fingerprint density at radius 2 is 2.62 bits per heavy atom. The average molecular weight is 118 g/mol. The largest absolute Gasteiger partial charge is 0.510 e. The second kappa shape index (κ2) is 2.00. The van der Waals surface area contributed by atoms with Crippen LogP contribution in [0.25, 0.3) is 0 Å². The third-order valence-electron chi connectivity index (χ3n) is 0.828. The van der Waals surface area contributed by atoms with Gasteiger partial charge in [-0.05, 0) is 0 Å². The first-order valence-corrected chi connectivity index (χ1v) is 2.19. The van der Waals surface area contributed by atoms with Gasteiger partial charge in [0.1, 0.15) is 0 Å². The van der Waals surface area contributed by atoms with Crippen molar-refractivity contribution in [3.05, 3.63) is 0 Å². The summed E-state index contributed by atoms with van der Waals surface area (Å²) in [7, 11) is 1.45. The van der Waals surface area contributed by atoms with Gasteiger partial charge in [-0.1, -0.05) is 0 Å². The highest BCUT2D eigenvalue weighted by Gasteiger charge is 2.23. The molecule has 46 valence electrons. The second-order valence-corrected chi connectivity index (χ2v) is 1.34. The Morgan fingerprint density at radius 3 is 2.88 bits per heavy atom. The van der Waals surface area contributed by atoms with E-state index in [9.17, 15) is 4.79 Å². The molecule has 8 heavy (non-hydrogen) atoms. The van der Waals surface area contributed by atoms with Crippen LogP contribution in [-0.2, 0) is 14.2 Å². The molecule has 1 aliphatic rings. The zero-order chi connectivity index (χ0) is 5.98. The average Bonchev–Trinajstić information content (AvgIpc) is 2.14. The number of hydrogen-bond acceptors (Lipinski definition) is 4. The monoisotopic (exact) mass is 118 g/mol. The third-order valence-corrected chi connectivity index (χ3v) is 0.828. The molecule has 0 spiro atoms. The van der Waals surface area contributed by atoms with E-state index in [4.69, 9.17) is 0 Å². The number of cyclic esters (lactones) is 2. The summed E-state index contributed by atoms with van der Waals surface area (Å²) in [5.41, 5.74) is 0. The van der Waals surface area contributed by atoms with Gasteiger partial charge in [0.15, 0.2) is 6.61 Å². The Kier molecular flexibility index (Phi) is 1.34. The van der Waals surface area contributed by atoms with Crippen LogP contribution in [0.5, 0.6) is 0 Å². The Balaban J connectivity index is 2.32. The molecule has 0 aliphatic carbocycles. The minimum absolute atomic E-state index is 0.204. The summed E-state index contributed by atoms with van der Waals surface area (Å²) in [4.78, 5) is 10.1. The number of hydrogen-bond donors (Lipinski definition) is 0. The molecule has 0 bridgehead atoms. The van der Waals surface area contributed by atoms with Crippen molar-refractivity contribution in [3.63, 3.8) is 0 Å². The van der Waals surface area contributed by atoms with Gasteiger partial charge in [0.25, 0.3) is 0 Å². The molecule has 1 atom stereocenters. The van der Waals surface area contributed by atoms with Crippen LogP contribution in [0.1, 0.15) is 0 Å². The first-order chi connectivity index (χ1) is 3.83. The fourth-order valence-corrected chi connectivity index (χ4v) is 0.428. The molecule has 1 unspecified atom stereocenters. The lowest BCUT2D eigenvalue weighted by atomic mass is 10.7. The Morgan fingerprint density at radius 1 is 1.88 bits per heavy atom. The molecule has 0 aromatic heterocycles. The fourth-order valence-electron chi connectivity index (χ4n) is 0.428. The maximum Gasteiger partial charge on any atom is 0.510 e. The molecular formula is C4H6O4. The van der Waals surface area contributed by atoms with Gasteiger partial charge in [-0.15, -0.1) is 0 Å². The number of rotatable bonds is 1. The van der Waals surface area contributed by atoms with Crippen molar-refractivity contribution in [1.82, 2.24) is 0 Å². The minimum atomic E-state index is -0.656. The maximum atomic E-state index is 10.1. The summed E-state index contributed by atoms with van der Waals surface area (Å²) in [6, 6.07) is 0. The predicted molar refractivity (Wildman–Crippen MR) is 23.2 cm³/mol. The van der Waals surface area contributed by atoms with Crippen LogP contribution in [0.4, 0.5) is 4.79 Å². The molecule has 1 aliphatic heterocycles. The summed E-state index contributed by atoms with van der Waals surface area (Å²) in [5, 5.41) is 0. The smallest absolute Gasteiger partial charge is 0.428 e. The lowest BCUT2D eigenvalue weighted by Gasteiger charge is -1.99. The van der Waals surface area contributed by atoms with Crippen LogP contribution in [0.3, 0.4) is 0 Å². The number of carbonyl (C=O) groups excluding carboxylic acids is 1. The first kappa shape index (κ1) is 5.37. The van der Waals surface area contributed by atoms with E-state index >= 15 is 0 Å². The second-order valence-electron chi connectivity index (χ2n) is 1.34. The number of methoxy groups -OCH3 is 1. The summed E-state index contributed by atoms with van der Waals surface area (Å²) < 4.78 is 13.4. The zero-order valence-corrected chi connectivity index (χ0v) is 4.42. The van der Waals surface area contributed by atoms with E-state index in [-0.39, 0.29) is 6.61 Å². The van der Waals surface area contributed by atoms with Gasteiger partial charge in [0, 0.05) is 7.11 Å². The quantitative estimate of drug-likeness (QED) is 0.459. The highest BCUT2D eigenvalue weighted by molar-refractivity contribution is 5.61. The van der Waals surface area contributed by atoms with Gasteiger partial charge in [-0.25, -0.2) is 4.79 Å². The SMILES string of the molecule is COC1COC(=O)O1. The molecule has 0 aromatic rings. The zero-order valence-electron chi connectivity index (χ0n) is 4.42. The Bertz CT molecular complexity index is 100. The first-order valence-electron chi connectivity index (χ1n) is 2.19. The predicted octanol–water partition coefficient (Wildman–Crippen LogP) is 0.126. The maximum absolute atomic E-state index is 10.1. The van der Waals surface area contributed by atoms with Crippen molar-refractivity contribution in [2.24, 2.45) is 0 Å². The van der Waals surface area contributed by atoms with Crippen LogP contribution in [0, 0.1) is 0 Å².